The van der Waals surface area contributed by atoms with E-state index >= 15 is 0 Å². The van der Waals surface area contributed by atoms with E-state index in [2.05, 4.69) is 20.9 Å². The summed E-state index contributed by atoms with van der Waals surface area (Å²) in [5, 5.41) is 7.36. The van der Waals surface area contributed by atoms with Crippen molar-refractivity contribution in [1.29, 1.82) is 0 Å². The number of nitrogens with zero attached hydrogens (tertiary/aromatic N) is 2. The van der Waals surface area contributed by atoms with Crippen LogP contribution in [-0.4, -0.2) is 22.0 Å². The van der Waals surface area contributed by atoms with Crippen molar-refractivity contribution in [2.24, 2.45) is 0 Å². The zero-order valence-corrected chi connectivity index (χ0v) is 17.2. The standard InChI is InChI=1S/C20H16Cl2N4O4/c1-10-23-16(25-30-10)9-29-26-20(28)17-12-4-2-3-5-13(12)19(27)24-18(17)14-7-6-11(21)8-15(14)22/h2-8,17-18H,9H2,1H3,(H,24,27)(H,26,28)/t17-,18+/m1/s1. The van der Waals surface area contributed by atoms with Crippen molar-refractivity contribution in [1.82, 2.24) is 20.9 Å². The highest BCUT2D eigenvalue weighted by Gasteiger charge is 2.40. The van der Waals surface area contributed by atoms with Crippen LogP contribution in [0.1, 0.15) is 45.2 Å². The van der Waals surface area contributed by atoms with Gasteiger partial charge in [-0.05, 0) is 29.3 Å². The third kappa shape index (κ3) is 4.02. The van der Waals surface area contributed by atoms with Crippen LogP contribution in [0.2, 0.25) is 10.0 Å². The zero-order valence-electron chi connectivity index (χ0n) is 15.7. The number of carbonyl (C=O) groups excluding carboxylic acids is 2. The molecule has 2 aromatic carbocycles. The zero-order chi connectivity index (χ0) is 21.3. The fraction of sp³-hybridized carbons (Fsp3) is 0.200. The lowest BCUT2D eigenvalue weighted by Gasteiger charge is -2.33. The summed E-state index contributed by atoms with van der Waals surface area (Å²) < 4.78 is 4.87. The van der Waals surface area contributed by atoms with E-state index in [4.69, 9.17) is 32.6 Å². The van der Waals surface area contributed by atoms with Crippen LogP contribution in [0, 0.1) is 6.92 Å². The molecule has 8 nitrogen and oxygen atoms in total. The highest BCUT2D eigenvalue weighted by molar-refractivity contribution is 6.35. The molecule has 0 saturated heterocycles. The minimum Gasteiger partial charge on any atom is -0.344 e. The van der Waals surface area contributed by atoms with Gasteiger partial charge in [-0.15, -0.1) is 0 Å². The number of halogens is 2. The molecule has 4 rings (SSSR count). The summed E-state index contributed by atoms with van der Waals surface area (Å²) in [6.07, 6.45) is 0. The Kier molecular flexibility index (Phi) is 5.72. The highest BCUT2D eigenvalue weighted by atomic mass is 35.5. The topological polar surface area (TPSA) is 106 Å². The number of hydrogen-bond acceptors (Lipinski definition) is 6. The lowest BCUT2D eigenvalue weighted by atomic mass is 9.80. The number of fused-ring (bicyclic) bond motifs is 1. The van der Waals surface area contributed by atoms with Gasteiger partial charge in [0.25, 0.3) is 11.8 Å². The van der Waals surface area contributed by atoms with Crippen LogP contribution in [0.5, 0.6) is 0 Å². The second kappa shape index (κ2) is 8.43. The Morgan fingerprint density at radius 2 is 2.03 bits per heavy atom. The van der Waals surface area contributed by atoms with E-state index in [1.807, 2.05) is 0 Å². The van der Waals surface area contributed by atoms with E-state index in [9.17, 15) is 9.59 Å². The van der Waals surface area contributed by atoms with Gasteiger partial charge < -0.3 is 9.84 Å². The van der Waals surface area contributed by atoms with Crippen molar-refractivity contribution in [2.45, 2.75) is 25.5 Å². The van der Waals surface area contributed by atoms with Crippen molar-refractivity contribution >= 4 is 35.0 Å². The predicted molar refractivity (Wildman–Crippen MR) is 108 cm³/mol. The number of hydrogen-bond donors (Lipinski definition) is 2. The summed E-state index contributed by atoms with van der Waals surface area (Å²) in [7, 11) is 0. The molecule has 30 heavy (non-hydrogen) atoms. The van der Waals surface area contributed by atoms with Crippen molar-refractivity contribution < 1.29 is 18.9 Å². The highest BCUT2D eigenvalue weighted by Crippen LogP contribution is 2.40. The minimum atomic E-state index is -0.787. The number of aryl methyl sites for hydroxylation is 1. The third-order valence-electron chi connectivity index (χ3n) is 4.68. The lowest BCUT2D eigenvalue weighted by molar-refractivity contribution is -0.137. The number of carbonyl (C=O) groups is 2. The number of nitrogens with one attached hydrogen (secondary N) is 2. The molecule has 2 amide bonds. The molecular formula is C20H16Cl2N4O4. The van der Waals surface area contributed by atoms with Crippen molar-refractivity contribution in [3.8, 4) is 0 Å². The first-order chi connectivity index (χ1) is 14.4. The number of benzene rings is 2. The monoisotopic (exact) mass is 446 g/mol. The average Bonchev–Trinajstić information content (AvgIpc) is 3.13. The predicted octanol–water partition coefficient (Wildman–Crippen LogP) is 3.50. The van der Waals surface area contributed by atoms with Gasteiger partial charge in [0.1, 0.15) is 6.61 Å². The molecule has 1 aliphatic rings. The molecule has 10 heteroatoms. The molecule has 3 aromatic rings. The van der Waals surface area contributed by atoms with Gasteiger partial charge in [-0.3, -0.25) is 14.4 Å². The largest absolute Gasteiger partial charge is 0.344 e. The summed E-state index contributed by atoms with van der Waals surface area (Å²) in [5.41, 5.74) is 3.96. The third-order valence-corrected chi connectivity index (χ3v) is 5.25. The molecule has 2 N–H and O–H groups in total. The quantitative estimate of drug-likeness (QED) is 0.580. The van der Waals surface area contributed by atoms with E-state index < -0.39 is 17.9 Å². The SMILES string of the molecule is Cc1nc(CONC(=O)[C@@H]2c3ccccc3C(=O)N[C@H]2c2ccc(Cl)cc2Cl)no1. The van der Waals surface area contributed by atoms with Crippen molar-refractivity contribution in [3.05, 3.63) is 80.9 Å². The van der Waals surface area contributed by atoms with Gasteiger partial charge in [0.05, 0.1) is 12.0 Å². The van der Waals surface area contributed by atoms with E-state index in [0.717, 1.165) is 0 Å². The van der Waals surface area contributed by atoms with Crippen molar-refractivity contribution in [3.63, 3.8) is 0 Å². The Balaban J connectivity index is 1.63. The van der Waals surface area contributed by atoms with Crippen molar-refractivity contribution in [2.75, 3.05) is 0 Å². The second-order valence-electron chi connectivity index (χ2n) is 6.67. The lowest BCUT2D eigenvalue weighted by Crippen LogP contribution is -2.44. The fourth-order valence-electron chi connectivity index (χ4n) is 3.40. The fourth-order valence-corrected chi connectivity index (χ4v) is 3.92. The summed E-state index contributed by atoms with van der Waals surface area (Å²) in [5.74, 6) is -0.860. The molecule has 0 saturated carbocycles. The molecule has 2 heterocycles. The van der Waals surface area contributed by atoms with E-state index in [0.29, 0.717) is 38.5 Å². The van der Waals surface area contributed by atoms with Gasteiger partial charge in [-0.2, -0.15) is 4.98 Å². The maximum Gasteiger partial charge on any atom is 0.253 e. The Bertz CT molecular complexity index is 1120. The summed E-state index contributed by atoms with van der Waals surface area (Å²) in [6.45, 7) is 1.58. The van der Waals surface area contributed by atoms with Crippen LogP contribution >= 0.6 is 23.2 Å². The van der Waals surface area contributed by atoms with E-state index in [1.54, 1.807) is 49.4 Å². The van der Waals surface area contributed by atoms with Crippen LogP contribution in [-0.2, 0) is 16.2 Å². The Morgan fingerprint density at radius 1 is 1.23 bits per heavy atom. The molecular weight excluding hydrogens is 431 g/mol. The Hall–Kier alpha value is -2.94. The number of hydroxylamine groups is 1. The summed E-state index contributed by atoms with van der Waals surface area (Å²) in [4.78, 5) is 35.0. The van der Waals surface area contributed by atoms with Crippen LogP contribution in [0.25, 0.3) is 0 Å². The molecule has 154 valence electrons. The van der Waals surface area contributed by atoms with Crippen LogP contribution in [0.3, 0.4) is 0 Å². The summed E-state index contributed by atoms with van der Waals surface area (Å²) in [6, 6.07) is 11.1. The first kappa shape index (κ1) is 20.3. The van der Waals surface area contributed by atoms with Gasteiger partial charge in [0.15, 0.2) is 5.82 Å². The first-order valence-corrected chi connectivity index (χ1v) is 9.75. The second-order valence-corrected chi connectivity index (χ2v) is 7.51. The minimum absolute atomic E-state index is 0.0732. The van der Waals surface area contributed by atoms with Gasteiger partial charge in [0.2, 0.25) is 5.89 Å². The summed E-state index contributed by atoms with van der Waals surface area (Å²) >= 11 is 12.4. The maximum absolute atomic E-state index is 13.1. The molecule has 0 unspecified atom stereocenters. The van der Waals surface area contributed by atoms with Gasteiger partial charge in [-0.25, -0.2) is 5.48 Å². The number of aromatic nitrogens is 2. The number of rotatable bonds is 5. The molecule has 1 aromatic heterocycles. The van der Waals surface area contributed by atoms with Crippen LogP contribution in [0.4, 0.5) is 0 Å². The normalized spacial score (nSPS) is 17.9. The molecule has 0 radical (unpaired) electrons. The van der Waals surface area contributed by atoms with Gasteiger partial charge in [-0.1, -0.05) is 52.6 Å². The number of amides is 2. The first-order valence-electron chi connectivity index (χ1n) is 8.99. The molecule has 1 aliphatic heterocycles. The van der Waals surface area contributed by atoms with Gasteiger partial charge >= 0.3 is 0 Å². The molecule has 0 bridgehead atoms. The van der Waals surface area contributed by atoms with Crippen LogP contribution in [0.15, 0.2) is 47.0 Å². The van der Waals surface area contributed by atoms with E-state index in [1.165, 1.54) is 0 Å². The smallest absolute Gasteiger partial charge is 0.253 e. The molecule has 0 aliphatic carbocycles. The van der Waals surface area contributed by atoms with E-state index in [-0.39, 0.29) is 12.5 Å². The molecule has 2 atom stereocenters. The Morgan fingerprint density at radius 3 is 2.77 bits per heavy atom. The van der Waals surface area contributed by atoms with Gasteiger partial charge in [0, 0.05) is 22.5 Å². The molecule has 0 fully saturated rings. The van der Waals surface area contributed by atoms with Crippen LogP contribution < -0.4 is 10.8 Å². The molecule has 0 spiro atoms. The average molecular weight is 447 g/mol. The maximum atomic E-state index is 13.1. The Labute approximate surface area is 181 Å².